The van der Waals surface area contributed by atoms with E-state index in [-0.39, 0.29) is 12.5 Å². The average molecular weight is 308 g/mol. The van der Waals surface area contributed by atoms with Crippen molar-refractivity contribution < 1.29 is 9.53 Å². The lowest BCUT2D eigenvalue weighted by Gasteiger charge is -2.08. The third-order valence-electron chi connectivity index (χ3n) is 3.23. The first kappa shape index (κ1) is 14.9. The Bertz CT molecular complexity index is 785. The number of methoxy groups -OCH3 is 1. The van der Waals surface area contributed by atoms with Gasteiger partial charge in [-0.1, -0.05) is 18.2 Å². The van der Waals surface area contributed by atoms with Crippen LogP contribution in [0.3, 0.4) is 0 Å². The van der Waals surface area contributed by atoms with Gasteiger partial charge in [-0.05, 0) is 24.3 Å². The fraction of sp³-hybridized carbons (Fsp3) is 0.118. The van der Waals surface area contributed by atoms with Crippen molar-refractivity contribution in [2.45, 2.75) is 0 Å². The molecule has 0 saturated carbocycles. The van der Waals surface area contributed by atoms with E-state index in [1.807, 2.05) is 48.5 Å². The van der Waals surface area contributed by atoms with E-state index < -0.39 is 0 Å². The number of aromatic nitrogens is 3. The summed E-state index contributed by atoms with van der Waals surface area (Å²) < 4.78 is 6.56. The van der Waals surface area contributed by atoms with Crippen molar-refractivity contribution in [1.82, 2.24) is 14.8 Å². The maximum atomic E-state index is 11.9. The minimum Gasteiger partial charge on any atom is -0.375 e. The third-order valence-corrected chi connectivity index (χ3v) is 3.23. The molecule has 0 radical (unpaired) electrons. The molecule has 0 aliphatic carbocycles. The molecule has 1 N–H and O–H groups in total. The smallest absolute Gasteiger partial charge is 0.251 e. The maximum Gasteiger partial charge on any atom is 0.251 e. The van der Waals surface area contributed by atoms with Crippen molar-refractivity contribution in [3.8, 4) is 16.9 Å². The summed E-state index contributed by atoms with van der Waals surface area (Å²) in [5, 5.41) is 7.42. The molecular weight excluding hydrogens is 292 g/mol. The van der Waals surface area contributed by atoms with E-state index >= 15 is 0 Å². The number of benzene rings is 1. The summed E-state index contributed by atoms with van der Waals surface area (Å²) in [6, 6.07) is 15.2. The van der Waals surface area contributed by atoms with Gasteiger partial charge in [-0.3, -0.25) is 9.78 Å². The molecule has 0 bridgehead atoms. The Morgan fingerprint density at radius 2 is 1.91 bits per heavy atom. The largest absolute Gasteiger partial charge is 0.375 e. The van der Waals surface area contributed by atoms with Crippen LogP contribution in [0.1, 0.15) is 0 Å². The molecule has 0 fully saturated rings. The minimum atomic E-state index is -0.231. The van der Waals surface area contributed by atoms with Crippen molar-refractivity contribution in [1.29, 1.82) is 0 Å². The zero-order chi connectivity index (χ0) is 16.1. The molecule has 1 amide bonds. The molecule has 0 unspecified atom stereocenters. The number of para-hydroxylation sites is 1. The Morgan fingerprint density at radius 1 is 1.17 bits per heavy atom. The van der Waals surface area contributed by atoms with Gasteiger partial charge in [-0.2, -0.15) is 5.10 Å². The molecule has 3 rings (SSSR count). The number of pyridine rings is 1. The molecule has 0 saturated heterocycles. The lowest BCUT2D eigenvalue weighted by Crippen LogP contribution is -2.19. The Morgan fingerprint density at radius 3 is 2.61 bits per heavy atom. The second-order valence-corrected chi connectivity index (χ2v) is 4.88. The quantitative estimate of drug-likeness (QED) is 0.786. The molecule has 1 aromatic carbocycles. The van der Waals surface area contributed by atoms with E-state index in [9.17, 15) is 4.79 Å². The van der Waals surface area contributed by atoms with Crippen LogP contribution in [0.15, 0.2) is 60.9 Å². The highest BCUT2D eigenvalue weighted by molar-refractivity contribution is 5.91. The number of carbonyl (C=O) groups excluding carboxylic acids is 1. The van der Waals surface area contributed by atoms with Crippen LogP contribution in [0.5, 0.6) is 0 Å². The summed E-state index contributed by atoms with van der Waals surface area (Å²) in [5.41, 5.74) is 2.54. The predicted octanol–water partition coefficient (Wildman–Crippen LogP) is 2.52. The van der Waals surface area contributed by atoms with E-state index in [4.69, 9.17) is 4.74 Å². The standard InChI is InChI=1S/C17H16N4O2/c1-23-12-17(22)19-16-11-15(13-7-9-18-10-8-13)20-21(16)14-5-3-2-4-6-14/h2-11H,12H2,1H3,(H,19,22). The summed E-state index contributed by atoms with van der Waals surface area (Å²) >= 11 is 0. The van der Waals surface area contributed by atoms with E-state index in [0.29, 0.717) is 5.82 Å². The van der Waals surface area contributed by atoms with Crippen molar-refractivity contribution >= 4 is 11.7 Å². The van der Waals surface area contributed by atoms with E-state index in [2.05, 4.69) is 15.4 Å². The third kappa shape index (κ3) is 3.44. The second-order valence-electron chi connectivity index (χ2n) is 4.88. The van der Waals surface area contributed by atoms with Crippen LogP contribution >= 0.6 is 0 Å². The van der Waals surface area contributed by atoms with Gasteiger partial charge < -0.3 is 10.1 Å². The maximum absolute atomic E-state index is 11.9. The van der Waals surface area contributed by atoms with Crippen LogP contribution in [-0.4, -0.2) is 34.4 Å². The highest BCUT2D eigenvalue weighted by atomic mass is 16.5. The molecule has 0 aliphatic heterocycles. The molecule has 2 aromatic heterocycles. The number of hydrogen-bond acceptors (Lipinski definition) is 4. The lowest BCUT2D eigenvalue weighted by atomic mass is 10.2. The summed E-state index contributed by atoms with van der Waals surface area (Å²) in [5.74, 6) is 0.357. The van der Waals surface area contributed by atoms with Gasteiger partial charge in [-0.25, -0.2) is 4.68 Å². The number of amides is 1. The first-order chi connectivity index (χ1) is 11.3. The van der Waals surface area contributed by atoms with Crippen molar-refractivity contribution in [2.24, 2.45) is 0 Å². The van der Waals surface area contributed by atoms with Crippen molar-refractivity contribution in [3.63, 3.8) is 0 Å². The Kier molecular flexibility index (Phi) is 4.44. The first-order valence-corrected chi connectivity index (χ1v) is 7.12. The topological polar surface area (TPSA) is 69.0 Å². The van der Waals surface area contributed by atoms with Crippen LogP contribution < -0.4 is 5.32 Å². The molecule has 3 aromatic rings. The van der Waals surface area contributed by atoms with Crippen LogP contribution in [-0.2, 0) is 9.53 Å². The zero-order valence-corrected chi connectivity index (χ0v) is 12.6. The molecule has 116 valence electrons. The van der Waals surface area contributed by atoms with Gasteiger partial charge in [-0.15, -0.1) is 0 Å². The van der Waals surface area contributed by atoms with Gasteiger partial charge in [0.15, 0.2) is 0 Å². The first-order valence-electron chi connectivity index (χ1n) is 7.12. The Balaban J connectivity index is 2.02. The van der Waals surface area contributed by atoms with Gasteiger partial charge in [0.1, 0.15) is 12.4 Å². The lowest BCUT2D eigenvalue weighted by molar-refractivity contribution is -0.119. The highest BCUT2D eigenvalue weighted by Gasteiger charge is 2.13. The van der Waals surface area contributed by atoms with E-state index in [0.717, 1.165) is 16.9 Å². The Hall–Kier alpha value is -2.99. The number of hydrogen-bond donors (Lipinski definition) is 1. The number of rotatable bonds is 5. The van der Waals surface area contributed by atoms with Gasteiger partial charge >= 0.3 is 0 Å². The highest BCUT2D eigenvalue weighted by Crippen LogP contribution is 2.24. The Labute approximate surface area is 133 Å². The van der Waals surface area contributed by atoms with Crippen LogP contribution in [0.4, 0.5) is 5.82 Å². The monoisotopic (exact) mass is 308 g/mol. The summed E-state index contributed by atoms with van der Waals surface area (Å²) in [4.78, 5) is 15.9. The summed E-state index contributed by atoms with van der Waals surface area (Å²) in [6.45, 7) is -0.00937. The van der Waals surface area contributed by atoms with Crippen molar-refractivity contribution in [2.75, 3.05) is 19.0 Å². The summed E-state index contributed by atoms with van der Waals surface area (Å²) in [6.07, 6.45) is 3.42. The molecule has 23 heavy (non-hydrogen) atoms. The summed E-state index contributed by atoms with van der Waals surface area (Å²) in [7, 11) is 1.48. The molecule has 6 heteroatoms. The zero-order valence-electron chi connectivity index (χ0n) is 12.6. The number of ether oxygens (including phenoxy) is 1. The molecule has 0 atom stereocenters. The van der Waals surface area contributed by atoms with E-state index in [1.54, 1.807) is 17.1 Å². The van der Waals surface area contributed by atoms with Gasteiger partial charge in [0.2, 0.25) is 0 Å². The predicted molar refractivity (Wildman–Crippen MR) is 87.3 cm³/mol. The fourth-order valence-electron chi connectivity index (χ4n) is 2.21. The fourth-order valence-corrected chi connectivity index (χ4v) is 2.21. The van der Waals surface area contributed by atoms with Gasteiger partial charge in [0, 0.05) is 31.1 Å². The minimum absolute atomic E-state index is 0.00937. The number of carbonyl (C=O) groups is 1. The molecule has 0 spiro atoms. The van der Waals surface area contributed by atoms with Crippen molar-refractivity contribution in [3.05, 3.63) is 60.9 Å². The SMILES string of the molecule is COCC(=O)Nc1cc(-c2ccncc2)nn1-c1ccccc1. The molecule has 2 heterocycles. The van der Waals surface area contributed by atoms with Gasteiger partial charge in [0.05, 0.1) is 11.4 Å². The molecule has 6 nitrogen and oxygen atoms in total. The number of nitrogens with zero attached hydrogens (tertiary/aromatic N) is 3. The second kappa shape index (κ2) is 6.85. The molecular formula is C17H16N4O2. The van der Waals surface area contributed by atoms with Gasteiger partial charge in [0.25, 0.3) is 5.91 Å². The molecule has 0 aliphatic rings. The van der Waals surface area contributed by atoms with Crippen LogP contribution in [0.2, 0.25) is 0 Å². The van der Waals surface area contributed by atoms with Crippen LogP contribution in [0.25, 0.3) is 16.9 Å². The number of anilines is 1. The normalized spacial score (nSPS) is 10.5. The van der Waals surface area contributed by atoms with Crippen LogP contribution in [0, 0.1) is 0 Å². The number of nitrogens with one attached hydrogen (secondary N) is 1. The average Bonchev–Trinajstić information content (AvgIpc) is 3.00. The van der Waals surface area contributed by atoms with E-state index in [1.165, 1.54) is 7.11 Å².